The van der Waals surface area contributed by atoms with E-state index in [0.29, 0.717) is 13.1 Å². The van der Waals surface area contributed by atoms with E-state index < -0.39 is 23.1 Å². The quantitative estimate of drug-likeness (QED) is 0.831. The van der Waals surface area contributed by atoms with Gasteiger partial charge in [-0.2, -0.15) is 0 Å². The van der Waals surface area contributed by atoms with Crippen LogP contribution in [0.2, 0.25) is 0 Å². The Morgan fingerprint density at radius 3 is 2.62 bits per heavy atom. The van der Waals surface area contributed by atoms with Crippen LogP contribution in [0.5, 0.6) is 5.75 Å². The molecule has 1 atom stereocenters. The van der Waals surface area contributed by atoms with Crippen LogP contribution in [0.15, 0.2) is 24.5 Å². The number of hydrogen-bond acceptors (Lipinski definition) is 3. The highest BCUT2D eigenvalue weighted by Crippen LogP contribution is 2.29. The smallest absolute Gasteiger partial charge is 0.259 e. The van der Waals surface area contributed by atoms with Gasteiger partial charge in [0.1, 0.15) is 28.8 Å². The van der Waals surface area contributed by atoms with Crippen LogP contribution in [-0.2, 0) is 0 Å². The summed E-state index contributed by atoms with van der Waals surface area (Å²) in [5.41, 5.74) is -0.529. The second-order valence-corrected chi connectivity index (χ2v) is 6.84. The molecule has 0 bridgehead atoms. The number of halogens is 2. The molecule has 3 rings (SSSR count). The number of piperidine rings is 1. The van der Waals surface area contributed by atoms with Crippen LogP contribution in [0.4, 0.5) is 8.78 Å². The fourth-order valence-corrected chi connectivity index (χ4v) is 3.48. The first kappa shape index (κ1) is 18.4. The van der Waals surface area contributed by atoms with Crippen molar-refractivity contribution in [2.24, 2.45) is 0 Å². The summed E-state index contributed by atoms with van der Waals surface area (Å²) in [6, 6.07) is 2.32. The molecule has 0 N–H and O–H groups in total. The number of hydrogen-bond donors (Lipinski definition) is 0. The molecule has 140 valence electrons. The Hall–Kier alpha value is -2.44. The van der Waals surface area contributed by atoms with Crippen molar-refractivity contribution in [2.75, 3.05) is 20.2 Å². The van der Waals surface area contributed by atoms with Crippen molar-refractivity contribution in [2.45, 2.75) is 38.6 Å². The summed E-state index contributed by atoms with van der Waals surface area (Å²) in [5, 5.41) is 0. The summed E-state index contributed by atoms with van der Waals surface area (Å²) in [4.78, 5) is 18.7. The zero-order valence-corrected chi connectivity index (χ0v) is 15.2. The molecule has 1 aliphatic rings. The number of amides is 1. The van der Waals surface area contributed by atoms with Gasteiger partial charge in [-0.05, 0) is 26.7 Å². The second-order valence-electron chi connectivity index (χ2n) is 6.84. The van der Waals surface area contributed by atoms with E-state index in [0.717, 1.165) is 30.8 Å². The van der Waals surface area contributed by atoms with E-state index in [9.17, 15) is 13.6 Å². The first-order valence-corrected chi connectivity index (χ1v) is 8.77. The minimum atomic E-state index is -0.905. The predicted molar refractivity (Wildman–Crippen MR) is 93.4 cm³/mol. The van der Waals surface area contributed by atoms with Gasteiger partial charge in [0.05, 0.1) is 7.11 Å². The number of methoxy groups -OCH3 is 1. The van der Waals surface area contributed by atoms with E-state index in [1.807, 2.05) is 6.20 Å². The van der Waals surface area contributed by atoms with Gasteiger partial charge in [-0.15, -0.1) is 0 Å². The van der Waals surface area contributed by atoms with Gasteiger partial charge in [0.2, 0.25) is 0 Å². The van der Waals surface area contributed by atoms with Gasteiger partial charge < -0.3 is 14.2 Å². The normalized spacial score (nSPS) is 17.6. The lowest BCUT2D eigenvalue weighted by atomic mass is 9.96. The topological polar surface area (TPSA) is 47.4 Å². The Kier molecular flexibility index (Phi) is 5.25. The van der Waals surface area contributed by atoms with Crippen molar-refractivity contribution in [3.05, 3.63) is 47.5 Å². The number of carbonyl (C=O) groups excluding carboxylic acids is 1. The van der Waals surface area contributed by atoms with Crippen molar-refractivity contribution in [1.29, 1.82) is 0 Å². The lowest BCUT2D eigenvalue weighted by Crippen LogP contribution is -2.40. The minimum Gasteiger partial charge on any atom is -0.497 e. The molecule has 1 aromatic heterocycles. The van der Waals surface area contributed by atoms with Crippen molar-refractivity contribution in [3.8, 4) is 5.75 Å². The Labute approximate surface area is 151 Å². The first-order valence-electron chi connectivity index (χ1n) is 8.77. The maximum Gasteiger partial charge on any atom is 0.259 e. The summed E-state index contributed by atoms with van der Waals surface area (Å²) in [6.07, 6.45) is 5.32. The Morgan fingerprint density at radius 2 is 2.00 bits per heavy atom. The highest BCUT2D eigenvalue weighted by atomic mass is 19.1. The minimum absolute atomic E-state index is 0.0482. The average molecular weight is 363 g/mol. The van der Waals surface area contributed by atoms with Crippen LogP contribution in [-0.4, -0.2) is 40.6 Å². The average Bonchev–Trinajstić information content (AvgIpc) is 3.11. The SMILES string of the molecule is COc1cc(F)c(C(=O)N2CCC[C@@H](c3nccn3C(C)C)C2)c(F)c1. The van der Waals surface area contributed by atoms with E-state index >= 15 is 0 Å². The zero-order valence-electron chi connectivity index (χ0n) is 15.2. The van der Waals surface area contributed by atoms with Crippen molar-refractivity contribution >= 4 is 5.91 Å². The third-order valence-corrected chi connectivity index (χ3v) is 4.79. The molecule has 0 spiro atoms. The molecular formula is C19H23F2N3O2. The Bertz CT molecular complexity index is 781. The summed E-state index contributed by atoms with van der Waals surface area (Å²) < 4.78 is 35.4. The van der Waals surface area contributed by atoms with E-state index in [1.165, 1.54) is 12.0 Å². The molecule has 1 aliphatic heterocycles. The molecule has 1 amide bonds. The number of carbonyl (C=O) groups is 1. The van der Waals surface area contributed by atoms with Crippen LogP contribution < -0.4 is 4.74 Å². The highest BCUT2D eigenvalue weighted by Gasteiger charge is 2.31. The van der Waals surface area contributed by atoms with Crippen LogP contribution in [0.1, 0.15) is 54.8 Å². The number of nitrogens with zero attached hydrogens (tertiary/aromatic N) is 3. The third kappa shape index (κ3) is 3.43. The molecule has 0 aliphatic carbocycles. The maximum absolute atomic E-state index is 14.3. The fourth-order valence-electron chi connectivity index (χ4n) is 3.48. The number of rotatable bonds is 4. The summed E-state index contributed by atoms with van der Waals surface area (Å²) in [5.74, 6) is -1.43. The standard InChI is InChI=1S/C19H23F2N3O2/c1-12(2)24-8-6-22-18(24)13-5-4-7-23(11-13)19(25)17-15(20)9-14(26-3)10-16(17)21/h6,8-10,12-13H,4-5,7,11H2,1-3H3/t13-/m1/s1. The van der Waals surface area contributed by atoms with Gasteiger partial charge in [-0.3, -0.25) is 4.79 Å². The summed E-state index contributed by atoms with van der Waals surface area (Å²) >= 11 is 0. The lowest BCUT2D eigenvalue weighted by Gasteiger charge is -2.33. The number of imidazole rings is 1. The van der Waals surface area contributed by atoms with Crippen LogP contribution in [0.3, 0.4) is 0 Å². The molecule has 2 aromatic rings. The lowest BCUT2D eigenvalue weighted by molar-refractivity contribution is 0.0693. The number of likely N-dealkylation sites (tertiary alicyclic amines) is 1. The molecule has 7 heteroatoms. The summed E-state index contributed by atoms with van der Waals surface area (Å²) in [7, 11) is 1.32. The molecule has 0 unspecified atom stereocenters. The Balaban J connectivity index is 1.84. The molecular weight excluding hydrogens is 340 g/mol. The summed E-state index contributed by atoms with van der Waals surface area (Å²) in [6.45, 7) is 5.01. The van der Waals surface area contributed by atoms with E-state index in [4.69, 9.17) is 4.74 Å². The molecule has 1 saturated heterocycles. The van der Waals surface area contributed by atoms with E-state index in [1.54, 1.807) is 6.20 Å². The predicted octanol–water partition coefficient (Wildman–Crippen LogP) is 3.77. The van der Waals surface area contributed by atoms with Gasteiger partial charge in [0.25, 0.3) is 5.91 Å². The van der Waals surface area contributed by atoms with Crippen molar-refractivity contribution in [1.82, 2.24) is 14.5 Å². The molecule has 1 fully saturated rings. The van der Waals surface area contributed by atoms with E-state index in [-0.39, 0.29) is 17.7 Å². The molecule has 1 aromatic carbocycles. The first-order chi connectivity index (χ1) is 12.4. The van der Waals surface area contributed by atoms with E-state index in [2.05, 4.69) is 23.4 Å². The van der Waals surface area contributed by atoms with Gasteiger partial charge in [0, 0.05) is 49.6 Å². The fraction of sp³-hybridized carbons (Fsp3) is 0.474. The number of benzene rings is 1. The third-order valence-electron chi connectivity index (χ3n) is 4.79. The molecule has 26 heavy (non-hydrogen) atoms. The van der Waals surface area contributed by atoms with Gasteiger partial charge in [-0.25, -0.2) is 13.8 Å². The van der Waals surface area contributed by atoms with Crippen LogP contribution >= 0.6 is 0 Å². The monoisotopic (exact) mass is 363 g/mol. The van der Waals surface area contributed by atoms with Crippen LogP contribution in [0, 0.1) is 11.6 Å². The molecule has 0 saturated carbocycles. The van der Waals surface area contributed by atoms with Crippen molar-refractivity contribution < 1.29 is 18.3 Å². The van der Waals surface area contributed by atoms with Gasteiger partial charge >= 0.3 is 0 Å². The highest BCUT2D eigenvalue weighted by molar-refractivity contribution is 5.95. The number of ether oxygens (including phenoxy) is 1. The maximum atomic E-state index is 14.3. The molecule has 2 heterocycles. The van der Waals surface area contributed by atoms with Gasteiger partial charge in [-0.1, -0.05) is 0 Å². The number of aromatic nitrogens is 2. The zero-order chi connectivity index (χ0) is 18.8. The molecule has 0 radical (unpaired) electrons. The van der Waals surface area contributed by atoms with Crippen LogP contribution in [0.25, 0.3) is 0 Å². The molecule has 5 nitrogen and oxygen atoms in total. The van der Waals surface area contributed by atoms with Crippen molar-refractivity contribution in [3.63, 3.8) is 0 Å². The van der Waals surface area contributed by atoms with Gasteiger partial charge in [0.15, 0.2) is 0 Å². The largest absolute Gasteiger partial charge is 0.497 e. The second kappa shape index (κ2) is 7.43. The Morgan fingerprint density at radius 1 is 1.31 bits per heavy atom.